The Labute approximate surface area is 120 Å². The third-order valence-electron chi connectivity index (χ3n) is 3.62. The molecule has 1 fully saturated rings. The van der Waals surface area contributed by atoms with E-state index in [9.17, 15) is 4.79 Å². The summed E-state index contributed by atoms with van der Waals surface area (Å²) < 4.78 is 5.12. The van der Waals surface area contributed by atoms with Gasteiger partial charge in [0.15, 0.2) is 0 Å². The number of ether oxygens (including phenoxy) is 1. The molecule has 0 radical (unpaired) electrons. The summed E-state index contributed by atoms with van der Waals surface area (Å²) in [7, 11) is 1.61. The second kappa shape index (κ2) is 7.75. The number of hydrogen-bond donors (Lipinski definition) is 3. The number of amides is 2. The third kappa shape index (κ3) is 4.74. The van der Waals surface area contributed by atoms with Gasteiger partial charge < -0.3 is 20.7 Å². The van der Waals surface area contributed by atoms with Gasteiger partial charge in [-0.25, -0.2) is 4.79 Å². The van der Waals surface area contributed by atoms with Crippen LogP contribution in [0.5, 0.6) is 5.75 Å². The van der Waals surface area contributed by atoms with Gasteiger partial charge in [-0.2, -0.15) is 0 Å². The van der Waals surface area contributed by atoms with Crippen molar-refractivity contribution in [3.05, 3.63) is 24.3 Å². The topological polar surface area (TPSA) is 62.4 Å². The van der Waals surface area contributed by atoms with Gasteiger partial charge in [-0.05, 0) is 50.4 Å². The fourth-order valence-corrected chi connectivity index (χ4v) is 2.44. The average Bonchev–Trinajstić information content (AvgIpc) is 2.48. The molecule has 0 bridgehead atoms. The van der Waals surface area contributed by atoms with E-state index in [4.69, 9.17) is 4.74 Å². The molecular formula is C15H23N3O2. The second-order valence-electron chi connectivity index (χ2n) is 5.09. The monoisotopic (exact) mass is 277 g/mol. The molecule has 20 heavy (non-hydrogen) atoms. The minimum absolute atomic E-state index is 0.160. The molecule has 5 heteroatoms. The number of rotatable bonds is 5. The Balaban J connectivity index is 1.69. The van der Waals surface area contributed by atoms with Crippen LogP contribution >= 0.6 is 0 Å². The van der Waals surface area contributed by atoms with Gasteiger partial charge in [0.05, 0.1) is 7.11 Å². The fourth-order valence-electron chi connectivity index (χ4n) is 2.44. The SMILES string of the molecule is COc1cccc(NC(=O)NCCC2CCNCC2)c1. The highest BCUT2D eigenvalue weighted by molar-refractivity contribution is 5.89. The number of carbonyl (C=O) groups is 1. The lowest BCUT2D eigenvalue weighted by molar-refractivity contribution is 0.250. The summed E-state index contributed by atoms with van der Waals surface area (Å²) in [6.07, 6.45) is 3.46. The molecule has 0 unspecified atom stereocenters. The number of nitrogens with one attached hydrogen (secondary N) is 3. The van der Waals surface area contributed by atoms with Gasteiger partial charge in [-0.3, -0.25) is 0 Å². The lowest BCUT2D eigenvalue weighted by Crippen LogP contribution is -2.33. The molecule has 0 aromatic heterocycles. The van der Waals surface area contributed by atoms with Crippen molar-refractivity contribution in [2.24, 2.45) is 5.92 Å². The van der Waals surface area contributed by atoms with Crippen LogP contribution in [-0.4, -0.2) is 32.8 Å². The van der Waals surface area contributed by atoms with Gasteiger partial charge in [0, 0.05) is 18.3 Å². The molecule has 1 aromatic carbocycles. The minimum atomic E-state index is -0.160. The zero-order chi connectivity index (χ0) is 14.2. The van der Waals surface area contributed by atoms with E-state index in [-0.39, 0.29) is 6.03 Å². The van der Waals surface area contributed by atoms with E-state index in [1.165, 1.54) is 12.8 Å². The van der Waals surface area contributed by atoms with E-state index >= 15 is 0 Å². The molecule has 3 N–H and O–H groups in total. The van der Waals surface area contributed by atoms with Crippen LogP contribution in [0, 0.1) is 5.92 Å². The van der Waals surface area contributed by atoms with Crippen LogP contribution in [0.2, 0.25) is 0 Å². The summed E-state index contributed by atoms with van der Waals surface area (Å²) in [6.45, 7) is 2.92. The summed E-state index contributed by atoms with van der Waals surface area (Å²) in [5, 5.41) is 9.06. The van der Waals surface area contributed by atoms with Gasteiger partial charge in [0.2, 0.25) is 0 Å². The lowest BCUT2D eigenvalue weighted by Gasteiger charge is -2.22. The number of anilines is 1. The molecule has 0 aliphatic carbocycles. The van der Waals surface area contributed by atoms with Gasteiger partial charge in [-0.1, -0.05) is 6.07 Å². The molecule has 5 nitrogen and oxygen atoms in total. The first-order valence-electron chi connectivity index (χ1n) is 7.17. The molecule has 0 atom stereocenters. The van der Waals surface area contributed by atoms with Crippen LogP contribution in [-0.2, 0) is 0 Å². The first kappa shape index (κ1) is 14.7. The number of benzene rings is 1. The maximum Gasteiger partial charge on any atom is 0.319 e. The predicted octanol–water partition coefficient (Wildman–Crippen LogP) is 2.21. The first-order chi connectivity index (χ1) is 9.78. The summed E-state index contributed by atoms with van der Waals surface area (Å²) in [4.78, 5) is 11.8. The highest BCUT2D eigenvalue weighted by atomic mass is 16.5. The van der Waals surface area contributed by atoms with Crippen molar-refractivity contribution in [3.8, 4) is 5.75 Å². The van der Waals surface area contributed by atoms with E-state index < -0.39 is 0 Å². The predicted molar refractivity (Wildman–Crippen MR) is 80.2 cm³/mol. The number of hydrogen-bond acceptors (Lipinski definition) is 3. The Hall–Kier alpha value is -1.75. The number of urea groups is 1. The van der Waals surface area contributed by atoms with Crippen LogP contribution in [0.3, 0.4) is 0 Å². The Kier molecular flexibility index (Phi) is 5.68. The molecule has 1 aliphatic heterocycles. The van der Waals surface area contributed by atoms with Gasteiger partial charge in [-0.15, -0.1) is 0 Å². The van der Waals surface area contributed by atoms with Gasteiger partial charge in [0.25, 0.3) is 0 Å². The van der Waals surface area contributed by atoms with Crippen LogP contribution in [0.1, 0.15) is 19.3 Å². The van der Waals surface area contributed by atoms with Crippen LogP contribution in [0.4, 0.5) is 10.5 Å². The molecule has 0 spiro atoms. The summed E-state index contributed by atoms with van der Waals surface area (Å²) in [6, 6.07) is 7.18. The Morgan fingerprint density at radius 3 is 2.95 bits per heavy atom. The van der Waals surface area contributed by atoms with E-state index in [1.807, 2.05) is 18.2 Å². The maximum atomic E-state index is 11.8. The zero-order valence-electron chi connectivity index (χ0n) is 11.9. The Bertz CT molecular complexity index is 431. The third-order valence-corrected chi connectivity index (χ3v) is 3.62. The molecule has 110 valence electrons. The van der Waals surface area contributed by atoms with Gasteiger partial charge in [0.1, 0.15) is 5.75 Å². The van der Waals surface area contributed by atoms with Crippen molar-refractivity contribution >= 4 is 11.7 Å². The van der Waals surface area contributed by atoms with E-state index in [0.29, 0.717) is 0 Å². The molecule has 1 saturated heterocycles. The molecule has 2 amide bonds. The summed E-state index contributed by atoms with van der Waals surface area (Å²) >= 11 is 0. The minimum Gasteiger partial charge on any atom is -0.497 e. The summed E-state index contributed by atoms with van der Waals surface area (Å²) in [5.74, 6) is 1.46. The second-order valence-corrected chi connectivity index (χ2v) is 5.09. The molecule has 2 rings (SSSR count). The number of piperidine rings is 1. The van der Waals surface area contributed by atoms with Crippen LogP contribution in [0.25, 0.3) is 0 Å². The van der Waals surface area contributed by atoms with Crippen molar-refractivity contribution in [3.63, 3.8) is 0 Å². The Morgan fingerprint density at radius 2 is 2.20 bits per heavy atom. The molecule has 1 heterocycles. The highest BCUT2D eigenvalue weighted by Gasteiger charge is 2.12. The number of carbonyl (C=O) groups excluding carboxylic acids is 1. The van der Waals surface area contributed by atoms with E-state index in [2.05, 4.69) is 16.0 Å². The average molecular weight is 277 g/mol. The lowest BCUT2D eigenvalue weighted by atomic mass is 9.95. The molecular weight excluding hydrogens is 254 g/mol. The molecule has 0 saturated carbocycles. The fraction of sp³-hybridized carbons (Fsp3) is 0.533. The van der Waals surface area contributed by atoms with Crippen molar-refractivity contribution in [2.75, 3.05) is 32.1 Å². The zero-order valence-corrected chi connectivity index (χ0v) is 11.9. The van der Waals surface area contributed by atoms with Gasteiger partial charge >= 0.3 is 6.03 Å². The first-order valence-corrected chi connectivity index (χ1v) is 7.17. The van der Waals surface area contributed by atoms with Crippen molar-refractivity contribution in [2.45, 2.75) is 19.3 Å². The largest absolute Gasteiger partial charge is 0.497 e. The highest BCUT2D eigenvalue weighted by Crippen LogP contribution is 2.17. The van der Waals surface area contributed by atoms with Crippen molar-refractivity contribution in [1.29, 1.82) is 0 Å². The maximum absolute atomic E-state index is 11.8. The van der Waals surface area contributed by atoms with Crippen LogP contribution in [0.15, 0.2) is 24.3 Å². The van der Waals surface area contributed by atoms with Crippen molar-refractivity contribution < 1.29 is 9.53 Å². The molecule has 1 aromatic rings. The normalized spacial score (nSPS) is 15.7. The quantitative estimate of drug-likeness (QED) is 0.773. The number of methoxy groups -OCH3 is 1. The van der Waals surface area contributed by atoms with E-state index in [1.54, 1.807) is 13.2 Å². The van der Waals surface area contributed by atoms with E-state index in [0.717, 1.165) is 43.4 Å². The smallest absolute Gasteiger partial charge is 0.319 e. The standard InChI is InChI=1S/C15H23N3O2/c1-20-14-4-2-3-13(11-14)18-15(19)17-10-7-12-5-8-16-9-6-12/h2-4,11-12,16H,5-10H2,1H3,(H2,17,18,19). The van der Waals surface area contributed by atoms with Crippen LogP contribution < -0.4 is 20.7 Å². The van der Waals surface area contributed by atoms with Crippen molar-refractivity contribution in [1.82, 2.24) is 10.6 Å². The summed E-state index contributed by atoms with van der Waals surface area (Å²) in [5.41, 5.74) is 0.740. The molecule has 1 aliphatic rings. The Morgan fingerprint density at radius 1 is 1.40 bits per heavy atom.